The second-order valence-electron chi connectivity index (χ2n) is 5.84. The van der Waals surface area contributed by atoms with Crippen molar-refractivity contribution in [3.05, 3.63) is 28.8 Å². The van der Waals surface area contributed by atoms with Gasteiger partial charge in [-0.2, -0.15) is 14.0 Å². The van der Waals surface area contributed by atoms with Gasteiger partial charge >= 0.3 is 0 Å². The fraction of sp³-hybridized carbons (Fsp3) is 0.588. The van der Waals surface area contributed by atoms with Gasteiger partial charge in [-0.1, -0.05) is 19.3 Å². The number of unbranched alkanes of at least 4 members (excludes halogenated alkanes) is 3. The minimum Gasteiger partial charge on any atom is -0.452 e. The predicted molar refractivity (Wildman–Crippen MR) is 80.3 cm³/mol. The molecule has 4 atom stereocenters. The highest BCUT2D eigenvalue weighted by Gasteiger charge is 2.39. The zero-order valence-electron chi connectivity index (χ0n) is 14.3. The van der Waals surface area contributed by atoms with Gasteiger partial charge in [0.15, 0.2) is 23.6 Å². The summed E-state index contributed by atoms with van der Waals surface area (Å²) in [6.07, 6.45) is -11.8. The lowest BCUT2D eigenvalue weighted by molar-refractivity contribution is -0.0599. The second kappa shape index (κ2) is 11.0. The molecule has 0 N–H and O–H groups in total. The van der Waals surface area contributed by atoms with Crippen LogP contribution in [0.25, 0.3) is 0 Å². The first-order chi connectivity index (χ1) is 13.2. The summed E-state index contributed by atoms with van der Waals surface area (Å²) in [6.45, 7) is -0.579. The van der Waals surface area contributed by atoms with Crippen LogP contribution in [0.5, 0.6) is 5.75 Å². The molecule has 0 aliphatic heterocycles. The fourth-order valence-corrected chi connectivity index (χ4v) is 2.29. The molecule has 0 saturated carbocycles. The molecule has 4 unspecified atom stereocenters. The Labute approximate surface area is 154 Å². The Bertz CT molecular complexity index is 694. The summed E-state index contributed by atoms with van der Waals surface area (Å²) in [5, 5.41) is 8.65. The molecule has 28 heavy (non-hydrogen) atoms. The Hall–Kier alpha value is -2.12. The number of alkyl halides is 5. The molecule has 0 fully saturated rings. The van der Waals surface area contributed by atoms with Gasteiger partial charge in [0.2, 0.25) is 17.8 Å². The first-order valence-electron chi connectivity index (χ1n) is 8.22. The summed E-state index contributed by atoms with van der Waals surface area (Å²) in [5.41, 5.74) is -1.61. The molecule has 0 amide bonds. The minimum absolute atomic E-state index is 0.0632. The van der Waals surface area contributed by atoms with Crippen molar-refractivity contribution in [1.29, 1.82) is 5.26 Å². The van der Waals surface area contributed by atoms with Gasteiger partial charge in [0.1, 0.15) is 17.8 Å². The van der Waals surface area contributed by atoms with Crippen LogP contribution in [0.1, 0.15) is 37.7 Å². The van der Waals surface area contributed by atoms with E-state index < -0.39 is 72.6 Å². The van der Waals surface area contributed by atoms with Crippen molar-refractivity contribution in [3.63, 3.8) is 0 Å². The SMILES string of the molecule is N#Cc1c(F)c(F)c(F)c(F)c1OC(F)C(F)C(F)C(F)CCCCCCF. The maximum absolute atomic E-state index is 13.8. The van der Waals surface area contributed by atoms with Crippen molar-refractivity contribution in [1.82, 2.24) is 0 Å². The molecule has 2 nitrogen and oxygen atoms in total. The maximum Gasteiger partial charge on any atom is 0.272 e. The molecule has 11 heteroatoms. The highest BCUT2D eigenvalue weighted by atomic mass is 19.2. The van der Waals surface area contributed by atoms with Gasteiger partial charge < -0.3 is 4.74 Å². The molecule has 0 aromatic heterocycles. The first kappa shape index (κ1) is 23.9. The third-order valence-corrected chi connectivity index (χ3v) is 3.83. The van der Waals surface area contributed by atoms with Crippen LogP contribution in [0, 0.1) is 34.6 Å². The summed E-state index contributed by atoms with van der Waals surface area (Å²) in [6, 6.07) is 0.883. The smallest absolute Gasteiger partial charge is 0.272 e. The number of hydrogen-bond acceptors (Lipinski definition) is 2. The summed E-state index contributed by atoms with van der Waals surface area (Å²) < 4.78 is 124. The number of rotatable bonds is 11. The summed E-state index contributed by atoms with van der Waals surface area (Å²) in [5.74, 6) is -11.2. The number of benzene rings is 1. The van der Waals surface area contributed by atoms with E-state index in [1.54, 1.807) is 0 Å². The Kier molecular flexibility index (Phi) is 9.41. The molecule has 158 valence electrons. The van der Waals surface area contributed by atoms with Crippen LogP contribution in [0.3, 0.4) is 0 Å². The van der Waals surface area contributed by atoms with Crippen LogP contribution in [0.4, 0.5) is 39.5 Å². The highest BCUT2D eigenvalue weighted by molar-refractivity contribution is 5.46. The molecular weight excluding hydrogens is 405 g/mol. The zero-order chi connectivity index (χ0) is 21.4. The number of hydrogen-bond donors (Lipinski definition) is 0. The van der Waals surface area contributed by atoms with E-state index in [4.69, 9.17) is 5.26 Å². The Morgan fingerprint density at radius 2 is 1.36 bits per heavy atom. The van der Waals surface area contributed by atoms with Crippen LogP contribution < -0.4 is 4.74 Å². The highest BCUT2D eigenvalue weighted by Crippen LogP contribution is 2.32. The van der Waals surface area contributed by atoms with E-state index in [0.29, 0.717) is 12.8 Å². The largest absolute Gasteiger partial charge is 0.452 e. The van der Waals surface area contributed by atoms with Gasteiger partial charge in [-0.25, -0.2) is 26.3 Å². The van der Waals surface area contributed by atoms with E-state index >= 15 is 0 Å². The van der Waals surface area contributed by atoms with Crippen LogP contribution in [0.15, 0.2) is 0 Å². The number of ether oxygens (including phenoxy) is 1. The standard InChI is InChI=1S/C17H16F9NO/c18-6-4-2-1-3-5-9(19)11(21)15(25)17(26)28-16-8(7-27)10(20)12(22)13(23)14(16)24/h9,11,15,17H,1-6H2. The Morgan fingerprint density at radius 1 is 0.786 bits per heavy atom. The number of nitrogens with zero attached hydrogens (tertiary/aromatic N) is 1. The monoisotopic (exact) mass is 421 g/mol. The van der Waals surface area contributed by atoms with Gasteiger partial charge in [0.25, 0.3) is 6.36 Å². The molecular formula is C17H16F9NO. The molecule has 1 aromatic rings. The lowest BCUT2D eigenvalue weighted by atomic mass is 10.0. The van der Waals surface area contributed by atoms with Crippen LogP contribution in [-0.4, -0.2) is 31.5 Å². The predicted octanol–water partition coefficient (Wildman–Crippen LogP) is 5.72. The lowest BCUT2D eigenvalue weighted by Gasteiger charge is -2.22. The molecule has 0 aliphatic rings. The molecule has 0 spiro atoms. The fourth-order valence-electron chi connectivity index (χ4n) is 2.29. The van der Waals surface area contributed by atoms with Gasteiger partial charge in [-0.15, -0.1) is 0 Å². The molecule has 0 heterocycles. The second-order valence-corrected chi connectivity index (χ2v) is 5.84. The van der Waals surface area contributed by atoms with Gasteiger partial charge in [0.05, 0.1) is 6.67 Å². The van der Waals surface area contributed by atoms with Crippen LogP contribution in [-0.2, 0) is 0 Å². The normalized spacial score (nSPS) is 15.6. The number of nitriles is 1. The van der Waals surface area contributed by atoms with E-state index in [2.05, 4.69) is 4.74 Å². The zero-order valence-corrected chi connectivity index (χ0v) is 14.3. The lowest BCUT2D eigenvalue weighted by Crippen LogP contribution is -2.38. The summed E-state index contributed by atoms with van der Waals surface area (Å²) in [4.78, 5) is 0. The Balaban J connectivity index is 2.82. The molecule has 0 saturated heterocycles. The van der Waals surface area contributed by atoms with Crippen molar-refractivity contribution in [3.8, 4) is 11.8 Å². The third-order valence-electron chi connectivity index (χ3n) is 3.83. The minimum atomic E-state index is -3.44. The third kappa shape index (κ3) is 5.69. The molecule has 0 bridgehead atoms. The van der Waals surface area contributed by atoms with Crippen molar-refractivity contribution in [2.24, 2.45) is 0 Å². The van der Waals surface area contributed by atoms with Gasteiger partial charge in [-0.3, -0.25) is 4.39 Å². The average molecular weight is 421 g/mol. The van der Waals surface area contributed by atoms with Crippen molar-refractivity contribution in [2.45, 2.75) is 57.0 Å². The summed E-state index contributed by atoms with van der Waals surface area (Å²) >= 11 is 0. The Morgan fingerprint density at radius 3 is 1.93 bits per heavy atom. The van der Waals surface area contributed by atoms with Crippen LogP contribution in [0.2, 0.25) is 0 Å². The van der Waals surface area contributed by atoms with E-state index in [-0.39, 0.29) is 12.8 Å². The van der Waals surface area contributed by atoms with E-state index in [9.17, 15) is 39.5 Å². The van der Waals surface area contributed by atoms with Gasteiger partial charge in [-0.05, 0) is 12.8 Å². The van der Waals surface area contributed by atoms with Crippen molar-refractivity contribution < 1.29 is 44.3 Å². The van der Waals surface area contributed by atoms with Gasteiger partial charge in [0, 0.05) is 0 Å². The average Bonchev–Trinajstić information content (AvgIpc) is 2.69. The molecule has 0 radical (unpaired) electrons. The first-order valence-corrected chi connectivity index (χ1v) is 8.22. The molecule has 1 rings (SSSR count). The topological polar surface area (TPSA) is 33.0 Å². The summed E-state index contributed by atoms with van der Waals surface area (Å²) in [7, 11) is 0. The van der Waals surface area contributed by atoms with E-state index in [1.807, 2.05) is 0 Å². The van der Waals surface area contributed by atoms with Crippen LogP contribution >= 0.6 is 0 Å². The van der Waals surface area contributed by atoms with E-state index in [1.165, 1.54) is 0 Å². The van der Waals surface area contributed by atoms with Crippen molar-refractivity contribution in [2.75, 3.05) is 6.67 Å². The molecule has 1 aromatic carbocycles. The van der Waals surface area contributed by atoms with E-state index in [0.717, 1.165) is 6.07 Å². The van der Waals surface area contributed by atoms with Crippen molar-refractivity contribution >= 4 is 0 Å². The molecule has 0 aliphatic carbocycles. The number of halogens is 9. The maximum atomic E-state index is 13.8. The quantitative estimate of drug-likeness (QED) is 0.198.